The maximum absolute atomic E-state index is 12.2. The first-order valence-electron chi connectivity index (χ1n) is 9.47. The molecule has 2 heterocycles. The van der Waals surface area contributed by atoms with Gasteiger partial charge < -0.3 is 14.6 Å². The van der Waals surface area contributed by atoms with Gasteiger partial charge in [-0.25, -0.2) is 4.98 Å². The summed E-state index contributed by atoms with van der Waals surface area (Å²) in [6, 6.07) is 11.8. The average Bonchev–Trinajstić information content (AvgIpc) is 3.09. The molecule has 0 radical (unpaired) electrons. The van der Waals surface area contributed by atoms with E-state index < -0.39 is 0 Å². The number of pyridine rings is 1. The van der Waals surface area contributed by atoms with Crippen LogP contribution in [0, 0.1) is 6.92 Å². The molecule has 3 rings (SSSR count). The molecular weight excluding hydrogens is 386 g/mol. The molecule has 0 bridgehead atoms. The number of thioether (sulfide) groups is 1. The van der Waals surface area contributed by atoms with Gasteiger partial charge in [0.2, 0.25) is 5.91 Å². The highest BCUT2D eigenvalue weighted by Gasteiger charge is 2.18. The summed E-state index contributed by atoms with van der Waals surface area (Å²) >= 11 is 1.32. The zero-order valence-electron chi connectivity index (χ0n) is 17.0. The molecule has 3 aromatic rings. The molecule has 0 saturated carbocycles. The molecule has 0 aliphatic heterocycles. The third-order valence-electron chi connectivity index (χ3n) is 4.48. The highest BCUT2D eigenvalue weighted by atomic mass is 32.2. The van der Waals surface area contributed by atoms with Crippen molar-refractivity contribution in [2.24, 2.45) is 7.05 Å². The van der Waals surface area contributed by atoms with Gasteiger partial charge in [0.05, 0.1) is 5.75 Å². The largest absolute Gasteiger partial charge is 0.483 e. The van der Waals surface area contributed by atoms with Crippen molar-refractivity contribution in [2.45, 2.75) is 38.5 Å². The number of carbonyl (C=O) groups is 1. The summed E-state index contributed by atoms with van der Waals surface area (Å²) in [5.41, 5.74) is 2.19. The molecule has 8 heteroatoms. The molecule has 0 saturated heterocycles. The van der Waals surface area contributed by atoms with Crippen LogP contribution in [0.2, 0.25) is 0 Å². The van der Waals surface area contributed by atoms with Crippen LogP contribution in [-0.4, -0.2) is 31.4 Å². The monoisotopic (exact) mass is 411 g/mol. The van der Waals surface area contributed by atoms with E-state index in [1.54, 1.807) is 6.20 Å². The number of carbonyl (C=O) groups excluding carboxylic acids is 1. The Labute approximate surface area is 174 Å². The van der Waals surface area contributed by atoms with Gasteiger partial charge in [0.25, 0.3) is 0 Å². The summed E-state index contributed by atoms with van der Waals surface area (Å²) in [4.78, 5) is 16.4. The first-order valence-corrected chi connectivity index (χ1v) is 10.5. The van der Waals surface area contributed by atoms with Gasteiger partial charge in [-0.2, -0.15) is 0 Å². The van der Waals surface area contributed by atoms with Crippen LogP contribution in [0.4, 0.5) is 5.82 Å². The minimum Gasteiger partial charge on any atom is -0.483 e. The first-order chi connectivity index (χ1) is 14.0. The molecule has 152 valence electrons. The Morgan fingerprint density at radius 2 is 2.00 bits per heavy atom. The molecule has 29 heavy (non-hydrogen) atoms. The molecule has 1 aromatic carbocycles. The molecule has 1 N–H and O–H groups in total. The molecule has 0 aliphatic carbocycles. The van der Waals surface area contributed by atoms with Crippen molar-refractivity contribution in [3.63, 3.8) is 0 Å². The number of ether oxygens (including phenoxy) is 1. The average molecular weight is 412 g/mol. The minimum absolute atomic E-state index is 0.137. The van der Waals surface area contributed by atoms with Crippen LogP contribution in [-0.2, 0) is 18.3 Å². The van der Waals surface area contributed by atoms with Gasteiger partial charge in [0.15, 0.2) is 17.1 Å². The van der Waals surface area contributed by atoms with E-state index in [-0.39, 0.29) is 17.8 Å². The lowest BCUT2D eigenvalue weighted by Gasteiger charge is -2.14. The zero-order valence-corrected chi connectivity index (χ0v) is 17.9. The van der Waals surface area contributed by atoms with Crippen molar-refractivity contribution in [3.05, 3.63) is 59.5 Å². The molecule has 0 spiro atoms. The third kappa shape index (κ3) is 5.35. The summed E-state index contributed by atoms with van der Waals surface area (Å²) in [7, 11) is 1.87. The second-order valence-electron chi connectivity index (χ2n) is 6.66. The Morgan fingerprint density at radius 1 is 1.24 bits per heavy atom. The highest BCUT2D eigenvalue weighted by molar-refractivity contribution is 7.99. The van der Waals surface area contributed by atoms with Crippen molar-refractivity contribution in [2.75, 3.05) is 11.1 Å². The Balaban J connectivity index is 1.58. The van der Waals surface area contributed by atoms with Gasteiger partial charge in [-0.05, 0) is 49.6 Å². The van der Waals surface area contributed by atoms with Crippen molar-refractivity contribution in [1.82, 2.24) is 19.7 Å². The van der Waals surface area contributed by atoms with E-state index in [0.717, 1.165) is 17.7 Å². The van der Waals surface area contributed by atoms with E-state index in [4.69, 9.17) is 4.74 Å². The normalized spacial score (nSPS) is 11.9. The SMILES string of the molecule is CCc1ccc(O[C@@H](C)c2nnc(SCC(=O)Nc3ncccc3C)n2C)cc1. The number of aryl methyl sites for hydroxylation is 2. The summed E-state index contributed by atoms with van der Waals surface area (Å²) < 4.78 is 7.85. The summed E-state index contributed by atoms with van der Waals surface area (Å²) in [5.74, 6) is 2.15. The van der Waals surface area contributed by atoms with E-state index in [1.807, 2.05) is 49.7 Å². The summed E-state index contributed by atoms with van der Waals surface area (Å²) in [6.45, 7) is 5.96. The Hall–Kier alpha value is -2.87. The van der Waals surface area contributed by atoms with Gasteiger partial charge in [-0.15, -0.1) is 10.2 Å². The predicted molar refractivity (Wildman–Crippen MR) is 114 cm³/mol. The van der Waals surface area contributed by atoms with Crippen LogP contribution in [0.25, 0.3) is 0 Å². The van der Waals surface area contributed by atoms with Gasteiger partial charge in [-0.3, -0.25) is 4.79 Å². The molecular formula is C21H25N5O2S. The lowest BCUT2D eigenvalue weighted by atomic mass is 10.2. The molecule has 0 unspecified atom stereocenters. The third-order valence-corrected chi connectivity index (χ3v) is 5.50. The molecule has 0 fully saturated rings. The molecule has 0 aliphatic rings. The Kier molecular flexibility index (Phi) is 6.87. The minimum atomic E-state index is -0.265. The van der Waals surface area contributed by atoms with E-state index >= 15 is 0 Å². The number of aromatic nitrogens is 4. The number of nitrogens with one attached hydrogen (secondary N) is 1. The van der Waals surface area contributed by atoms with E-state index in [9.17, 15) is 4.79 Å². The number of rotatable bonds is 8. The van der Waals surface area contributed by atoms with Crippen LogP contribution < -0.4 is 10.1 Å². The van der Waals surface area contributed by atoms with Crippen LogP contribution in [0.5, 0.6) is 5.75 Å². The zero-order chi connectivity index (χ0) is 20.8. The van der Waals surface area contributed by atoms with Crippen molar-refractivity contribution >= 4 is 23.5 Å². The van der Waals surface area contributed by atoms with Crippen LogP contribution >= 0.6 is 11.8 Å². The number of nitrogens with zero attached hydrogens (tertiary/aromatic N) is 4. The highest BCUT2D eigenvalue weighted by Crippen LogP contribution is 2.24. The van der Waals surface area contributed by atoms with Gasteiger partial charge in [0, 0.05) is 13.2 Å². The molecule has 2 aromatic heterocycles. The second kappa shape index (κ2) is 9.56. The second-order valence-corrected chi connectivity index (χ2v) is 7.61. The van der Waals surface area contributed by atoms with Crippen molar-refractivity contribution in [1.29, 1.82) is 0 Å². The predicted octanol–water partition coefficient (Wildman–Crippen LogP) is 3.95. The van der Waals surface area contributed by atoms with E-state index in [1.165, 1.54) is 17.3 Å². The fraction of sp³-hybridized carbons (Fsp3) is 0.333. The van der Waals surface area contributed by atoms with Gasteiger partial charge >= 0.3 is 0 Å². The maximum atomic E-state index is 12.2. The summed E-state index contributed by atoms with van der Waals surface area (Å²) in [6.07, 6.45) is 2.38. The molecule has 1 atom stereocenters. The van der Waals surface area contributed by atoms with E-state index in [2.05, 4.69) is 39.6 Å². The smallest absolute Gasteiger partial charge is 0.236 e. The Bertz CT molecular complexity index is 971. The van der Waals surface area contributed by atoms with Crippen LogP contribution in [0.1, 0.15) is 36.9 Å². The molecule has 1 amide bonds. The number of benzene rings is 1. The number of hydrogen-bond acceptors (Lipinski definition) is 6. The maximum Gasteiger partial charge on any atom is 0.236 e. The first kappa shape index (κ1) is 20.9. The number of anilines is 1. The van der Waals surface area contributed by atoms with Gasteiger partial charge in [0.1, 0.15) is 11.6 Å². The van der Waals surface area contributed by atoms with Crippen molar-refractivity contribution in [3.8, 4) is 5.75 Å². The standard InChI is InChI=1S/C21H25N5O2S/c1-5-16-8-10-17(11-9-16)28-15(3)20-24-25-21(26(20)4)29-13-18(27)23-19-14(2)7-6-12-22-19/h6-12,15H,5,13H2,1-4H3,(H,22,23,27)/t15-/m0/s1. The Morgan fingerprint density at radius 3 is 2.69 bits per heavy atom. The van der Waals surface area contributed by atoms with Crippen LogP contribution in [0.3, 0.4) is 0 Å². The number of hydrogen-bond donors (Lipinski definition) is 1. The van der Waals surface area contributed by atoms with Gasteiger partial charge in [-0.1, -0.05) is 36.9 Å². The lowest BCUT2D eigenvalue weighted by molar-refractivity contribution is -0.113. The lowest BCUT2D eigenvalue weighted by Crippen LogP contribution is -2.16. The van der Waals surface area contributed by atoms with Crippen molar-refractivity contribution < 1.29 is 9.53 Å². The van der Waals surface area contributed by atoms with E-state index in [0.29, 0.717) is 16.8 Å². The number of amides is 1. The summed E-state index contributed by atoms with van der Waals surface area (Å²) in [5, 5.41) is 11.9. The molecule has 7 nitrogen and oxygen atoms in total. The quantitative estimate of drug-likeness (QED) is 0.565. The topological polar surface area (TPSA) is 81.9 Å². The van der Waals surface area contributed by atoms with Crippen LogP contribution in [0.15, 0.2) is 47.8 Å². The fourth-order valence-electron chi connectivity index (χ4n) is 2.78. The fourth-order valence-corrected chi connectivity index (χ4v) is 3.50.